The van der Waals surface area contributed by atoms with E-state index in [0.717, 1.165) is 42.9 Å². The molecule has 1 aromatic carbocycles. The summed E-state index contributed by atoms with van der Waals surface area (Å²) in [6.45, 7) is 5.14. The lowest BCUT2D eigenvalue weighted by Gasteiger charge is -2.22. The number of aliphatic carboxylic acids is 3. The van der Waals surface area contributed by atoms with Gasteiger partial charge in [-0.25, -0.2) is 4.79 Å². The lowest BCUT2D eigenvalue weighted by atomic mass is 9.96. The van der Waals surface area contributed by atoms with E-state index in [-0.39, 0.29) is 0 Å². The number of hydrogen-bond acceptors (Lipinski definition) is 8. The van der Waals surface area contributed by atoms with Gasteiger partial charge >= 0.3 is 17.9 Å². The maximum absolute atomic E-state index is 10.3. The Hall–Kier alpha value is -3.54. The first-order valence-corrected chi connectivity index (χ1v) is 10.8. The Kier molecular flexibility index (Phi) is 12.4. The molecule has 0 amide bonds. The summed E-state index contributed by atoms with van der Waals surface area (Å²) in [6.07, 6.45) is 0.478. The van der Waals surface area contributed by atoms with Crippen LogP contribution in [-0.4, -0.2) is 79.2 Å². The van der Waals surface area contributed by atoms with Crippen LogP contribution in [0.3, 0.4) is 0 Å². The second-order valence-electron chi connectivity index (χ2n) is 7.99. The van der Waals surface area contributed by atoms with Crippen LogP contribution in [0.25, 0.3) is 0 Å². The highest BCUT2D eigenvalue weighted by Crippen LogP contribution is 2.21. The van der Waals surface area contributed by atoms with Crippen LogP contribution in [-0.2, 0) is 32.2 Å². The molecule has 0 saturated heterocycles. The Bertz CT molecular complexity index is 951. The monoisotopic (exact) mass is 492 g/mol. The van der Waals surface area contributed by atoms with Crippen molar-refractivity contribution >= 4 is 17.9 Å². The molecule has 0 fully saturated rings. The Morgan fingerprint density at radius 3 is 2.20 bits per heavy atom. The van der Waals surface area contributed by atoms with Gasteiger partial charge in [0.2, 0.25) is 0 Å². The number of benzene rings is 1. The van der Waals surface area contributed by atoms with Gasteiger partial charge in [0.15, 0.2) is 5.60 Å². The lowest BCUT2D eigenvalue weighted by molar-refractivity contribution is -0.170. The first-order valence-electron chi connectivity index (χ1n) is 10.8. The van der Waals surface area contributed by atoms with E-state index in [0.29, 0.717) is 12.3 Å². The molecule has 0 bridgehead atoms. The summed E-state index contributed by atoms with van der Waals surface area (Å²) in [7, 11) is 1.72. The standard InChI is InChI=1S/C18H24N2O2.C6H8O7/c1-15-7-8-18(21)16(12-15)13-20(10-5-11-22-2)14-17-6-3-4-9-19-17;7-3(8)1-6(13,5(11)12)2-4(9)10/h3-4,6-9,12,21H,5,10-11,13-14H2,1-2H3;13H,1-2H2,(H,7,8)(H,9,10)(H,11,12). The quantitative estimate of drug-likeness (QED) is 0.258. The highest BCUT2D eigenvalue weighted by atomic mass is 16.5. The number of aryl methyl sites for hydroxylation is 1. The number of nitrogens with zero attached hydrogens (tertiary/aromatic N) is 2. The molecule has 5 N–H and O–H groups in total. The van der Waals surface area contributed by atoms with Crippen LogP contribution in [0.15, 0.2) is 42.6 Å². The fourth-order valence-corrected chi connectivity index (χ4v) is 3.16. The van der Waals surface area contributed by atoms with Gasteiger partial charge in [0.1, 0.15) is 5.75 Å². The van der Waals surface area contributed by atoms with Crippen LogP contribution in [0.4, 0.5) is 0 Å². The third-order valence-electron chi connectivity index (χ3n) is 4.85. The molecule has 0 aliphatic carbocycles. The van der Waals surface area contributed by atoms with Crippen molar-refractivity contribution in [2.75, 3.05) is 20.3 Å². The van der Waals surface area contributed by atoms with Crippen molar-refractivity contribution in [2.24, 2.45) is 0 Å². The number of phenolic OH excluding ortho intramolecular Hbond substituents is 1. The average molecular weight is 493 g/mol. The molecule has 0 unspecified atom stereocenters. The summed E-state index contributed by atoms with van der Waals surface area (Å²) in [5.74, 6) is -4.67. The molecular formula is C24H32N2O9. The number of carbonyl (C=O) groups is 3. The Labute approximate surface area is 203 Å². The molecule has 0 atom stereocenters. The fourth-order valence-electron chi connectivity index (χ4n) is 3.16. The van der Waals surface area contributed by atoms with E-state index in [1.165, 1.54) is 0 Å². The zero-order valence-corrected chi connectivity index (χ0v) is 19.8. The molecule has 0 aliphatic heterocycles. The Morgan fingerprint density at radius 2 is 1.69 bits per heavy atom. The van der Waals surface area contributed by atoms with Crippen LogP contribution in [0.5, 0.6) is 5.75 Å². The minimum absolute atomic E-state index is 0.350. The summed E-state index contributed by atoms with van der Waals surface area (Å²) in [5, 5.41) is 43.9. The van der Waals surface area contributed by atoms with Gasteiger partial charge in [-0.15, -0.1) is 0 Å². The van der Waals surface area contributed by atoms with Crippen LogP contribution in [0.1, 0.15) is 36.1 Å². The molecule has 0 radical (unpaired) electrons. The zero-order chi connectivity index (χ0) is 26.4. The third-order valence-corrected chi connectivity index (χ3v) is 4.85. The van der Waals surface area contributed by atoms with Crippen molar-refractivity contribution in [3.05, 3.63) is 59.4 Å². The number of pyridine rings is 1. The van der Waals surface area contributed by atoms with Crippen molar-refractivity contribution in [3.8, 4) is 5.75 Å². The molecule has 2 rings (SSSR count). The van der Waals surface area contributed by atoms with Crippen molar-refractivity contribution < 1.29 is 44.7 Å². The van der Waals surface area contributed by atoms with E-state index < -0.39 is 36.4 Å². The van der Waals surface area contributed by atoms with Crippen molar-refractivity contribution in [1.29, 1.82) is 0 Å². The molecule has 192 valence electrons. The summed E-state index contributed by atoms with van der Waals surface area (Å²) >= 11 is 0. The Morgan fingerprint density at radius 1 is 1.03 bits per heavy atom. The molecule has 2 aromatic rings. The van der Waals surface area contributed by atoms with Gasteiger partial charge in [-0.2, -0.15) is 0 Å². The van der Waals surface area contributed by atoms with Gasteiger partial charge in [-0.3, -0.25) is 19.5 Å². The maximum atomic E-state index is 10.3. The summed E-state index contributed by atoms with van der Waals surface area (Å²) in [5.41, 5.74) is 0.403. The van der Waals surface area contributed by atoms with Crippen LogP contribution in [0.2, 0.25) is 0 Å². The van der Waals surface area contributed by atoms with Gasteiger partial charge in [0.25, 0.3) is 0 Å². The van der Waals surface area contributed by atoms with Gasteiger partial charge in [-0.1, -0.05) is 23.8 Å². The number of methoxy groups -OCH3 is 1. The highest BCUT2D eigenvalue weighted by molar-refractivity contribution is 5.88. The summed E-state index contributed by atoms with van der Waals surface area (Å²) < 4.78 is 5.14. The van der Waals surface area contributed by atoms with E-state index >= 15 is 0 Å². The molecule has 1 heterocycles. The minimum atomic E-state index is -2.74. The SMILES string of the molecule is COCCCN(Cc1ccccn1)Cc1cc(C)ccc1O.O=C(O)CC(O)(CC(=O)O)C(=O)O. The van der Waals surface area contributed by atoms with Gasteiger partial charge in [0.05, 0.1) is 18.5 Å². The van der Waals surface area contributed by atoms with E-state index in [9.17, 15) is 19.5 Å². The number of phenols is 1. The van der Waals surface area contributed by atoms with E-state index in [2.05, 4.69) is 9.88 Å². The van der Waals surface area contributed by atoms with Gasteiger partial charge in [-0.05, 0) is 31.5 Å². The fraction of sp³-hybridized carbons (Fsp3) is 0.417. The van der Waals surface area contributed by atoms with E-state index in [1.54, 1.807) is 13.2 Å². The summed E-state index contributed by atoms with van der Waals surface area (Å²) in [6, 6.07) is 11.7. The molecule has 11 heteroatoms. The van der Waals surface area contributed by atoms with Crippen molar-refractivity contribution in [3.63, 3.8) is 0 Å². The predicted octanol–water partition coefficient (Wildman–Crippen LogP) is 1.89. The summed E-state index contributed by atoms with van der Waals surface area (Å²) in [4.78, 5) is 37.2. The molecule has 1 aromatic heterocycles. The third kappa shape index (κ3) is 11.4. The van der Waals surface area contributed by atoms with Crippen LogP contribution in [0, 0.1) is 6.92 Å². The van der Waals surface area contributed by atoms with Gasteiger partial charge < -0.3 is 30.3 Å². The largest absolute Gasteiger partial charge is 0.508 e. The molecule has 11 nitrogen and oxygen atoms in total. The molecule has 0 saturated carbocycles. The van der Waals surface area contributed by atoms with E-state index in [1.807, 2.05) is 43.5 Å². The maximum Gasteiger partial charge on any atom is 0.336 e. The van der Waals surface area contributed by atoms with Crippen molar-refractivity contribution in [1.82, 2.24) is 9.88 Å². The molecule has 0 spiro atoms. The smallest absolute Gasteiger partial charge is 0.336 e. The van der Waals surface area contributed by atoms with Crippen molar-refractivity contribution in [2.45, 2.75) is 44.9 Å². The number of hydrogen-bond donors (Lipinski definition) is 5. The van der Waals surface area contributed by atoms with Crippen LogP contribution < -0.4 is 0 Å². The number of rotatable bonds is 13. The number of aromatic hydroxyl groups is 1. The predicted molar refractivity (Wildman–Crippen MR) is 125 cm³/mol. The number of ether oxygens (including phenoxy) is 1. The minimum Gasteiger partial charge on any atom is -0.508 e. The molecule has 0 aliphatic rings. The first-order chi connectivity index (χ1) is 16.5. The average Bonchev–Trinajstić information content (AvgIpc) is 2.76. The first kappa shape index (κ1) is 29.5. The van der Waals surface area contributed by atoms with Crippen LogP contribution >= 0.6 is 0 Å². The highest BCUT2D eigenvalue weighted by Gasteiger charge is 2.40. The second-order valence-corrected chi connectivity index (χ2v) is 7.99. The molecular weight excluding hydrogens is 460 g/mol. The van der Waals surface area contributed by atoms with Gasteiger partial charge in [0, 0.05) is 45.1 Å². The topological polar surface area (TPSA) is 178 Å². The molecule has 35 heavy (non-hydrogen) atoms. The number of carboxylic acid groups (broad SMARTS) is 3. The normalized spacial score (nSPS) is 11.0. The number of aliphatic hydroxyl groups is 1. The van der Waals surface area contributed by atoms with E-state index in [4.69, 9.17) is 25.2 Å². The number of aromatic nitrogens is 1. The zero-order valence-electron chi connectivity index (χ0n) is 19.8. The number of carboxylic acids is 3. The second kappa shape index (κ2) is 14.7. The Balaban J connectivity index is 0.000000405. The lowest BCUT2D eigenvalue weighted by Crippen LogP contribution is -2.42.